The second-order valence-corrected chi connectivity index (χ2v) is 3.95. The molecule has 1 rings (SSSR count). The van der Waals surface area contributed by atoms with Gasteiger partial charge in [-0.1, -0.05) is 20.8 Å². The van der Waals surface area contributed by atoms with Gasteiger partial charge in [-0.25, -0.2) is 9.69 Å². The minimum atomic E-state index is -2.67. The van der Waals surface area contributed by atoms with Crippen LogP contribution in [-0.2, 0) is 20.4 Å². The third-order valence-corrected chi connectivity index (χ3v) is 2.10. The smallest absolute Gasteiger partial charge is 0.241 e. The summed E-state index contributed by atoms with van der Waals surface area (Å²) in [6.45, 7) is 9.93. The summed E-state index contributed by atoms with van der Waals surface area (Å²) < 4.78 is 22.6. The molecule has 0 aromatic rings. The lowest BCUT2D eigenvalue weighted by Crippen LogP contribution is -2.26. The Morgan fingerprint density at radius 2 is 1.88 bits per heavy atom. The maximum absolute atomic E-state index is 9.84. The van der Waals surface area contributed by atoms with E-state index in [0.717, 1.165) is 12.8 Å². The quantitative estimate of drug-likeness (QED) is 0.572. The van der Waals surface area contributed by atoms with Crippen molar-refractivity contribution in [2.24, 2.45) is 5.92 Å². The highest BCUT2D eigenvalue weighted by Crippen LogP contribution is 2.08. The lowest BCUT2D eigenvalue weighted by Gasteiger charge is -2.17. The zero-order valence-electron chi connectivity index (χ0n) is 10.9. The molecule has 17 heavy (non-hydrogen) atoms. The SMILES string of the molecule is CC.CC(=O)NOS(=O)[O-].CC1CCNCC1. The van der Waals surface area contributed by atoms with Gasteiger partial charge >= 0.3 is 0 Å². The molecule has 1 fully saturated rings. The second-order valence-electron chi connectivity index (χ2n) is 3.38. The molecule has 0 spiro atoms. The Hall–Kier alpha value is -0.500. The molecule has 104 valence electrons. The number of carbonyl (C=O) groups excluding carboxylic acids is 1. The Morgan fingerprint density at radius 3 is 2.06 bits per heavy atom. The van der Waals surface area contributed by atoms with E-state index in [0.29, 0.717) is 0 Å². The van der Waals surface area contributed by atoms with Crippen molar-refractivity contribution in [3.63, 3.8) is 0 Å². The first kappa shape index (κ1) is 18.9. The minimum absolute atomic E-state index is 0.561. The largest absolute Gasteiger partial charge is 0.748 e. The van der Waals surface area contributed by atoms with Crippen molar-refractivity contribution in [2.75, 3.05) is 13.1 Å². The molecular formula is C10H23N2O4S-. The summed E-state index contributed by atoms with van der Waals surface area (Å²) in [6.07, 6.45) is 2.75. The zero-order valence-corrected chi connectivity index (χ0v) is 11.8. The van der Waals surface area contributed by atoms with E-state index in [-0.39, 0.29) is 0 Å². The third-order valence-electron chi connectivity index (χ3n) is 1.88. The Balaban J connectivity index is 0. The van der Waals surface area contributed by atoms with Crippen LogP contribution in [0.1, 0.15) is 40.5 Å². The Labute approximate surface area is 106 Å². The monoisotopic (exact) mass is 267 g/mol. The molecule has 0 radical (unpaired) electrons. The molecule has 2 N–H and O–H groups in total. The fourth-order valence-corrected chi connectivity index (χ4v) is 1.24. The normalized spacial score (nSPS) is 16.8. The summed E-state index contributed by atoms with van der Waals surface area (Å²) in [6, 6.07) is 0. The molecule has 0 aliphatic carbocycles. The number of amides is 1. The summed E-state index contributed by atoms with van der Waals surface area (Å²) in [7, 11) is 0. The summed E-state index contributed by atoms with van der Waals surface area (Å²) in [5.74, 6) is 0.412. The first-order valence-corrected chi connectivity index (χ1v) is 6.76. The Bertz CT molecular complexity index is 194. The van der Waals surface area contributed by atoms with Crippen LogP contribution < -0.4 is 10.8 Å². The number of rotatable bonds is 2. The van der Waals surface area contributed by atoms with Gasteiger partial charge < -0.3 is 9.87 Å². The highest BCUT2D eigenvalue weighted by atomic mass is 32.2. The highest BCUT2D eigenvalue weighted by molar-refractivity contribution is 7.74. The zero-order chi connectivity index (χ0) is 13.7. The van der Waals surface area contributed by atoms with Crippen LogP contribution in [0.4, 0.5) is 0 Å². The standard InChI is InChI=1S/C6H13N.C2H5NO4S.C2H6/c1-6-2-4-7-5-3-6;1-2(4)3-7-8(5)6;1-2/h6-7H,2-5H2,1H3;1H3,(H,3,4)(H,5,6);1-2H3/p-1. The van der Waals surface area contributed by atoms with E-state index in [4.69, 9.17) is 0 Å². The average Bonchev–Trinajstić information content (AvgIpc) is 2.31. The van der Waals surface area contributed by atoms with Crippen LogP contribution in [-0.4, -0.2) is 27.8 Å². The van der Waals surface area contributed by atoms with Crippen LogP contribution in [0, 0.1) is 5.92 Å². The van der Waals surface area contributed by atoms with Gasteiger partial charge in [0, 0.05) is 6.92 Å². The lowest BCUT2D eigenvalue weighted by atomic mass is 10.0. The van der Waals surface area contributed by atoms with Crippen molar-refractivity contribution >= 4 is 17.3 Å². The number of hydrogen-bond acceptors (Lipinski definition) is 5. The van der Waals surface area contributed by atoms with Crippen LogP contribution in [0.2, 0.25) is 0 Å². The van der Waals surface area contributed by atoms with Crippen LogP contribution in [0.5, 0.6) is 0 Å². The summed E-state index contributed by atoms with van der Waals surface area (Å²) in [4.78, 5) is 9.84. The number of carbonyl (C=O) groups is 1. The first-order chi connectivity index (χ1) is 8.02. The van der Waals surface area contributed by atoms with Crippen molar-refractivity contribution in [3.05, 3.63) is 0 Å². The predicted octanol–water partition coefficient (Wildman–Crippen LogP) is 0.880. The number of nitrogens with one attached hydrogen (secondary N) is 2. The van der Waals surface area contributed by atoms with Crippen molar-refractivity contribution in [3.8, 4) is 0 Å². The molecule has 0 aromatic carbocycles. The van der Waals surface area contributed by atoms with Gasteiger partial charge in [-0.3, -0.25) is 4.79 Å². The summed E-state index contributed by atoms with van der Waals surface area (Å²) in [5, 5.41) is 3.32. The van der Waals surface area contributed by atoms with Gasteiger partial charge in [0.05, 0.1) is 0 Å². The van der Waals surface area contributed by atoms with Gasteiger partial charge in [0.1, 0.15) is 11.4 Å². The molecule has 1 amide bonds. The van der Waals surface area contributed by atoms with E-state index in [9.17, 15) is 13.6 Å². The van der Waals surface area contributed by atoms with Crippen LogP contribution in [0.3, 0.4) is 0 Å². The van der Waals surface area contributed by atoms with Crippen molar-refractivity contribution < 1.29 is 17.8 Å². The van der Waals surface area contributed by atoms with Crippen LogP contribution >= 0.6 is 0 Å². The van der Waals surface area contributed by atoms with E-state index in [1.165, 1.54) is 25.9 Å². The van der Waals surface area contributed by atoms with E-state index in [2.05, 4.69) is 16.5 Å². The van der Waals surface area contributed by atoms with Gasteiger partial charge in [0.2, 0.25) is 5.91 Å². The molecule has 6 nitrogen and oxygen atoms in total. The van der Waals surface area contributed by atoms with Crippen LogP contribution in [0.15, 0.2) is 0 Å². The maximum Gasteiger partial charge on any atom is 0.241 e. The third kappa shape index (κ3) is 18.1. The van der Waals surface area contributed by atoms with Crippen molar-refractivity contribution in [2.45, 2.75) is 40.5 Å². The number of hydroxylamine groups is 1. The van der Waals surface area contributed by atoms with E-state index in [1.54, 1.807) is 5.48 Å². The van der Waals surface area contributed by atoms with E-state index < -0.39 is 17.3 Å². The molecule has 0 saturated carbocycles. The molecule has 0 aromatic heterocycles. The molecule has 0 bridgehead atoms. The maximum atomic E-state index is 9.84. The van der Waals surface area contributed by atoms with E-state index in [1.807, 2.05) is 13.8 Å². The van der Waals surface area contributed by atoms with Gasteiger partial charge in [-0.05, 0) is 31.8 Å². The first-order valence-electron chi connectivity index (χ1n) is 5.76. The minimum Gasteiger partial charge on any atom is -0.748 e. The number of hydrogen-bond donors (Lipinski definition) is 2. The van der Waals surface area contributed by atoms with Gasteiger partial charge in [0.25, 0.3) is 0 Å². The topological polar surface area (TPSA) is 90.5 Å². The van der Waals surface area contributed by atoms with Crippen LogP contribution in [0.25, 0.3) is 0 Å². The Morgan fingerprint density at radius 1 is 1.41 bits per heavy atom. The van der Waals surface area contributed by atoms with E-state index >= 15 is 0 Å². The summed E-state index contributed by atoms with van der Waals surface area (Å²) >= 11 is -2.67. The molecular weight excluding hydrogens is 244 g/mol. The fraction of sp³-hybridized carbons (Fsp3) is 0.900. The molecule has 1 aliphatic heterocycles. The molecule has 1 saturated heterocycles. The molecule has 1 unspecified atom stereocenters. The second kappa shape index (κ2) is 13.6. The lowest BCUT2D eigenvalue weighted by molar-refractivity contribution is -0.125. The van der Waals surface area contributed by atoms with Crippen molar-refractivity contribution in [1.82, 2.24) is 10.8 Å². The number of piperidine rings is 1. The fourth-order valence-electron chi connectivity index (χ4n) is 1.06. The summed E-state index contributed by atoms with van der Waals surface area (Å²) in [5.41, 5.74) is 1.59. The van der Waals surface area contributed by atoms with Gasteiger partial charge in [0.15, 0.2) is 0 Å². The van der Waals surface area contributed by atoms with Gasteiger partial charge in [-0.15, -0.1) is 0 Å². The molecule has 1 atom stereocenters. The van der Waals surface area contributed by atoms with Crippen molar-refractivity contribution in [1.29, 1.82) is 0 Å². The molecule has 1 aliphatic rings. The highest BCUT2D eigenvalue weighted by Gasteiger charge is 2.04. The predicted molar refractivity (Wildman–Crippen MR) is 66.4 cm³/mol. The molecule has 7 heteroatoms. The average molecular weight is 267 g/mol. The Kier molecular flexibility index (Phi) is 15.0. The molecule has 1 heterocycles. The van der Waals surface area contributed by atoms with Gasteiger partial charge in [-0.2, -0.15) is 4.28 Å².